The predicted octanol–water partition coefficient (Wildman–Crippen LogP) is 16.1. The minimum atomic E-state index is 1.09. The number of para-hydroxylation sites is 2. The molecule has 2 nitrogen and oxygen atoms in total. The van der Waals surface area contributed by atoms with Crippen molar-refractivity contribution in [2.24, 2.45) is 0 Å². The minimum absolute atomic E-state index is 1.09. The Morgan fingerprint density at radius 3 is 1.42 bits per heavy atom. The number of anilines is 3. The van der Waals surface area contributed by atoms with Crippen molar-refractivity contribution in [2.45, 2.75) is 0 Å². The van der Waals surface area contributed by atoms with Crippen molar-refractivity contribution >= 4 is 49.6 Å². The number of benzene rings is 10. The van der Waals surface area contributed by atoms with Gasteiger partial charge < -0.3 is 9.47 Å². The van der Waals surface area contributed by atoms with Gasteiger partial charge in [0, 0.05) is 33.1 Å². The largest absolute Gasteiger partial charge is 0.310 e. The van der Waals surface area contributed by atoms with Crippen LogP contribution < -0.4 is 4.90 Å². The molecule has 1 aromatic heterocycles. The second kappa shape index (κ2) is 15.1. The monoisotopic (exact) mass is 764 g/mol. The van der Waals surface area contributed by atoms with E-state index in [9.17, 15) is 0 Å². The topological polar surface area (TPSA) is 8.17 Å². The van der Waals surface area contributed by atoms with E-state index in [1.807, 2.05) is 0 Å². The molecular formula is C58H40N2. The zero-order valence-electron chi connectivity index (χ0n) is 33.0. The highest BCUT2D eigenvalue weighted by Gasteiger charge is 2.21. The highest BCUT2D eigenvalue weighted by Crippen LogP contribution is 2.44. The molecular weight excluding hydrogens is 725 g/mol. The summed E-state index contributed by atoms with van der Waals surface area (Å²) in [6.07, 6.45) is 0. The van der Waals surface area contributed by atoms with E-state index < -0.39 is 0 Å². The van der Waals surface area contributed by atoms with Gasteiger partial charge in [0.05, 0.1) is 22.4 Å². The Hall–Kier alpha value is -7.94. The molecule has 0 aliphatic carbocycles. The van der Waals surface area contributed by atoms with Crippen LogP contribution >= 0.6 is 0 Å². The van der Waals surface area contributed by atoms with Gasteiger partial charge in [0.2, 0.25) is 0 Å². The van der Waals surface area contributed by atoms with Crippen molar-refractivity contribution in [3.63, 3.8) is 0 Å². The summed E-state index contributed by atoms with van der Waals surface area (Å²) in [7, 11) is 0. The molecule has 0 N–H and O–H groups in total. The van der Waals surface area contributed by atoms with Gasteiger partial charge in [-0.05, 0) is 86.8 Å². The zero-order valence-corrected chi connectivity index (χ0v) is 33.0. The first-order valence-corrected chi connectivity index (χ1v) is 20.6. The molecule has 0 spiro atoms. The van der Waals surface area contributed by atoms with Crippen LogP contribution in [0.25, 0.3) is 82.8 Å². The number of nitrogens with zero attached hydrogens (tertiary/aromatic N) is 2. The molecule has 60 heavy (non-hydrogen) atoms. The molecule has 2 heteroatoms. The fourth-order valence-corrected chi connectivity index (χ4v) is 8.95. The maximum absolute atomic E-state index is 2.47. The Morgan fingerprint density at radius 1 is 0.267 bits per heavy atom. The van der Waals surface area contributed by atoms with Crippen molar-refractivity contribution in [3.8, 4) is 50.2 Å². The van der Waals surface area contributed by atoms with Crippen molar-refractivity contribution in [2.75, 3.05) is 4.90 Å². The molecule has 0 atom stereocenters. The number of aromatic nitrogens is 1. The van der Waals surface area contributed by atoms with Gasteiger partial charge in [-0.3, -0.25) is 0 Å². The van der Waals surface area contributed by atoms with Gasteiger partial charge in [-0.1, -0.05) is 200 Å². The number of hydrogen-bond donors (Lipinski definition) is 0. The van der Waals surface area contributed by atoms with Crippen molar-refractivity contribution in [1.82, 2.24) is 4.57 Å². The van der Waals surface area contributed by atoms with Crippen LogP contribution in [0.2, 0.25) is 0 Å². The van der Waals surface area contributed by atoms with Gasteiger partial charge in [-0.15, -0.1) is 0 Å². The lowest BCUT2D eigenvalue weighted by Gasteiger charge is -2.28. The molecule has 0 saturated carbocycles. The fraction of sp³-hybridized carbons (Fsp3) is 0. The summed E-state index contributed by atoms with van der Waals surface area (Å²) in [6.45, 7) is 0. The summed E-state index contributed by atoms with van der Waals surface area (Å²) < 4.78 is 2.47. The van der Waals surface area contributed by atoms with Gasteiger partial charge in [0.1, 0.15) is 0 Å². The smallest absolute Gasteiger partial charge is 0.0562 e. The second-order valence-corrected chi connectivity index (χ2v) is 15.3. The van der Waals surface area contributed by atoms with Crippen molar-refractivity contribution in [1.29, 1.82) is 0 Å². The van der Waals surface area contributed by atoms with E-state index >= 15 is 0 Å². The first-order chi connectivity index (χ1) is 29.8. The van der Waals surface area contributed by atoms with E-state index in [1.165, 1.54) is 71.6 Å². The van der Waals surface area contributed by atoms with E-state index in [1.54, 1.807) is 0 Å². The number of fused-ring (bicyclic) bond motifs is 4. The summed E-state index contributed by atoms with van der Waals surface area (Å²) in [5.74, 6) is 0. The van der Waals surface area contributed by atoms with Crippen LogP contribution in [0.4, 0.5) is 17.1 Å². The lowest BCUT2D eigenvalue weighted by Crippen LogP contribution is -2.11. The quantitative estimate of drug-likeness (QED) is 0.150. The maximum Gasteiger partial charge on any atom is 0.0562 e. The van der Waals surface area contributed by atoms with Crippen LogP contribution in [0.1, 0.15) is 0 Å². The van der Waals surface area contributed by atoms with Gasteiger partial charge in [-0.25, -0.2) is 0 Å². The van der Waals surface area contributed by atoms with Crippen LogP contribution in [0.3, 0.4) is 0 Å². The van der Waals surface area contributed by atoms with Crippen molar-refractivity contribution in [3.05, 3.63) is 243 Å². The number of rotatable bonds is 8. The average molecular weight is 765 g/mol. The third-order valence-corrected chi connectivity index (χ3v) is 11.8. The van der Waals surface area contributed by atoms with Crippen LogP contribution in [0, 0.1) is 0 Å². The van der Waals surface area contributed by atoms with Crippen LogP contribution in [0.5, 0.6) is 0 Å². The molecule has 1 heterocycles. The van der Waals surface area contributed by atoms with E-state index in [2.05, 4.69) is 252 Å². The lowest BCUT2D eigenvalue weighted by atomic mass is 9.95. The first kappa shape index (κ1) is 35.2. The van der Waals surface area contributed by atoms with Gasteiger partial charge >= 0.3 is 0 Å². The van der Waals surface area contributed by atoms with E-state index in [-0.39, 0.29) is 0 Å². The van der Waals surface area contributed by atoms with Gasteiger partial charge in [0.25, 0.3) is 0 Å². The highest BCUT2D eigenvalue weighted by atomic mass is 15.1. The lowest BCUT2D eigenvalue weighted by molar-refractivity contribution is 1.19. The Kier molecular flexibility index (Phi) is 8.87. The summed E-state index contributed by atoms with van der Waals surface area (Å²) in [4.78, 5) is 2.42. The SMILES string of the molecule is c1ccc(-c2ccc(-c3ccc(-n4c5ccccc5c5ccc(N(c6ccc(-c7ccccc7)cc6)c6ccccc6-c6ccccc6)cc54)c4ccccc34)cc2)cc1. The molecule has 0 amide bonds. The molecule has 10 aromatic carbocycles. The molecule has 11 rings (SSSR count). The van der Waals surface area contributed by atoms with E-state index in [0.29, 0.717) is 0 Å². The Morgan fingerprint density at radius 2 is 0.733 bits per heavy atom. The Labute approximate surface area is 350 Å². The summed E-state index contributed by atoms with van der Waals surface area (Å²) in [6, 6.07) is 87.9. The van der Waals surface area contributed by atoms with Crippen LogP contribution in [-0.2, 0) is 0 Å². The van der Waals surface area contributed by atoms with Crippen LogP contribution in [0.15, 0.2) is 243 Å². The third kappa shape index (κ3) is 6.23. The second-order valence-electron chi connectivity index (χ2n) is 15.3. The molecule has 0 unspecified atom stereocenters. The molecule has 0 fully saturated rings. The standard InChI is InChI=1S/C58H40N2/c1-4-16-41(17-5-1)43-28-30-46(31-29-43)49-38-39-57(52-24-11-10-23-51(49)52)60-56-27-15-13-25-53(56)54-37-36-48(40-58(54)60)59(47-34-32-44(33-35-47)42-18-6-2-7-19-42)55-26-14-12-22-50(55)45-20-8-3-9-21-45/h1-40H. The molecule has 282 valence electrons. The molecule has 0 saturated heterocycles. The molecule has 0 radical (unpaired) electrons. The molecule has 11 aromatic rings. The summed E-state index contributed by atoms with van der Waals surface area (Å²) in [5, 5.41) is 4.88. The van der Waals surface area contributed by atoms with E-state index in [0.717, 1.165) is 28.3 Å². The Balaban J connectivity index is 1.10. The third-order valence-electron chi connectivity index (χ3n) is 11.8. The normalized spacial score (nSPS) is 11.3. The molecule has 0 aliphatic heterocycles. The maximum atomic E-state index is 2.47. The van der Waals surface area contributed by atoms with Gasteiger partial charge in [0.15, 0.2) is 0 Å². The summed E-state index contributed by atoms with van der Waals surface area (Å²) in [5.41, 5.74) is 16.4. The minimum Gasteiger partial charge on any atom is -0.310 e. The average Bonchev–Trinajstić information content (AvgIpc) is 3.66. The highest BCUT2D eigenvalue weighted by molar-refractivity contribution is 6.12. The first-order valence-electron chi connectivity index (χ1n) is 20.6. The van der Waals surface area contributed by atoms with Gasteiger partial charge in [-0.2, -0.15) is 0 Å². The van der Waals surface area contributed by atoms with Crippen molar-refractivity contribution < 1.29 is 0 Å². The molecule has 0 aliphatic rings. The summed E-state index contributed by atoms with van der Waals surface area (Å²) >= 11 is 0. The fourth-order valence-electron chi connectivity index (χ4n) is 8.95. The predicted molar refractivity (Wildman–Crippen MR) is 255 cm³/mol. The number of hydrogen-bond acceptors (Lipinski definition) is 1. The Bertz CT molecular complexity index is 3270. The van der Waals surface area contributed by atoms with E-state index in [4.69, 9.17) is 0 Å². The molecule has 0 bridgehead atoms. The van der Waals surface area contributed by atoms with Crippen LogP contribution in [-0.4, -0.2) is 4.57 Å². The zero-order chi connectivity index (χ0) is 39.8.